The summed E-state index contributed by atoms with van der Waals surface area (Å²) >= 11 is 1.28. The van der Waals surface area contributed by atoms with E-state index in [1.165, 1.54) is 11.8 Å². The van der Waals surface area contributed by atoms with Gasteiger partial charge in [0.05, 0.1) is 12.8 Å². The van der Waals surface area contributed by atoms with Crippen molar-refractivity contribution in [2.24, 2.45) is 0 Å². The number of pyridine rings is 1. The van der Waals surface area contributed by atoms with Crippen LogP contribution in [0, 0.1) is 0 Å². The Kier molecular flexibility index (Phi) is 3.00. The van der Waals surface area contributed by atoms with Crippen molar-refractivity contribution in [1.29, 1.82) is 0 Å². The first-order chi connectivity index (χ1) is 9.26. The van der Waals surface area contributed by atoms with Crippen LogP contribution in [0.5, 0.6) is 5.88 Å². The van der Waals surface area contributed by atoms with Gasteiger partial charge in [-0.2, -0.15) is 0 Å². The van der Waals surface area contributed by atoms with E-state index >= 15 is 0 Å². The predicted molar refractivity (Wildman–Crippen MR) is 73.3 cm³/mol. The maximum atomic E-state index is 5.88. The van der Waals surface area contributed by atoms with Gasteiger partial charge in [-0.3, -0.25) is 0 Å². The molecule has 0 fully saturated rings. The summed E-state index contributed by atoms with van der Waals surface area (Å²) in [7, 11) is 1.56. The second kappa shape index (κ2) is 4.81. The first kappa shape index (κ1) is 11.9. The second-order valence-corrected chi connectivity index (χ2v) is 4.74. The number of nitrogens with two attached hydrogens (primary N) is 1. The van der Waals surface area contributed by atoms with Gasteiger partial charge in [0.1, 0.15) is 10.5 Å². The van der Waals surface area contributed by atoms with E-state index in [2.05, 4.69) is 9.97 Å². The summed E-state index contributed by atoms with van der Waals surface area (Å²) in [6, 6.07) is 11.0. The van der Waals surface area contributed by atoms with Crippen LogP contribution in [0.1, 0.15) is 0 Å². The molecule has 0 spiro atoms. The van der Waals surface area contributed by atoms with Crippen LogP contribution in [-0.4, -0.2) is 17.1 Å². The SMILES string of the molecule is COc1ccc(N)c(Sc2nc3ccccc3o2)n1. The molecule has 0 saturated heterocycles. The van der Waals surface area contributed by atoms with Crippen molar-refractivity contribution in [3.63, 3.8) is 0 Å². The van der Waals surface area contributed by atoms with E-state index < -0.39 is 0 Å². The van der Waals surface area contributed by atoms with Crippen molar-refractivity contribution in [2.45, 2.75) is 10.2 Å². The molecule has 96 valence electrons. The normalized spacial score (nSPS) is 10.8. The third-order valence-electron chi connectivity index (χ3n) is 2.53. The van der Waals surface area contributed by atoms with E-state index in [-0.39, 0.29) is 0 Å². The van der Waals surface area contributed by atoms with Gasteiger partial charge in [-0.25, -0.2) is 9.97 Å². The molecule has 3 rings (SSSR count). The lowest BCUT2D eigenvalue weighted by molar-refractivity contribution is 0.394. The molecule has 0 atom stereocenters. The summed E-state index contributed by atoms with van der Waals surface area (Å²) in [5.74, 6) is 0.507. The third-order valence-corrected chi connectivity index (χ3v) is 3.40. The predicted octanol–water partition coefficient (Wildman–Crippen LogP) is 2.96. The topological polar surface area (TPSA) is 74.2 Å². The minimum absolute atomic E-state index is 0.507. The minimum atomic E-state index is 0.507. The Morgan fingerprint density at radius 2 is 2.00 bits per heavy atom. The quantitative estimate of drug-likeness (QED) is 0.790. The fourth-order valence-corrected chi connectivity index (χ4v) is 2.37. The Bertz CT molecular complexity index is 694. The van der Waals surface area contributed by atoms with Gasteiger partial charge in [0.2, 0.25) is 5.88 Å². The highest BCUT2D eigenvalue weighted by atomic mass is 32.2. The number of fused-ring (bicyclic) bond motifs is 1. The third kappa shape index (κ3) is 2.34. The molecule has 6 heteroatoms. The van der Waals surface area contributed by atoms with Crippen LogP contribution >= 0.6 is 11.8 Å². The average molecular weight is 273 g/mol. The molecule has 0 bridgehead atoms. The zero-order chi connectivity index (χ0) is 13.2. The minimum Gasteiger partial charge on any atom is -0.481 e. The van der Waals surface area contributed by atoms with E-state index in [0.717, 1.165) is 11.1 Å². The molecular formula is C13H11N3O2S. The molecule has 0 radical (unpaired) electrons. The average Bonchev–Trinajstić information content (AvgIpc) is 2.83. The number of hydrogen-bond donors (Lipinski definition) is 1. The molecular weight excluding hydrogens is 262 g/mol. The Balaban J connectivity index is 1.96. The number of nitrogen functional groups attached to an aromatic ring is 1. The number of methoxy groups -OCH3 is 1. The van der Waals surface area contributed by atoms with Gasteiger partial charge in [-0.15, -0.1) is 0 Å². The maximum absolute atomic E-state index is 5.88. The number of hydrogen-bond acceptors (Lipinski definition) is 6. The molecule has 0 unspecified atom stereocenters. The number of para-hydroxylation sites is 2. The van der Waals surface area contributed by atoms with Gasteiger partial charge in [0.15, 0.2) is 5.58 Å². The zero-order valence-electron chi connectivity index (χ0n) is 10.2. The summed E-state index contributed by atoms with van der Waals surface area (Å²) in [6.45, 7) is 0. The van der Waals surface area contributed by atoms with Crippen molar-refractivity contribution in [3.05, 3.63) is 36.4 Å². The van der Waals surface area contributed by atoms with Crippen LogP contribution in [0.2, 0.25) is 0 Å². The molecule has 0 saturated carbocycles. The molecule has 0 amide bonds. The highest BCUT2D eigenvalue weighted by Crippen LogP contribution is 2.33. The Hall–Kier alpha value is -2.21. The molecule has 0 aliphatic carbocycles. The molecule has 0 aliphatic rings. The molecule has 1 aromatic carbocycles. The number of anilines is 1. The summed E-state index contributed by atoms with van der Waals surface area (Å²) < 4.78 is 10.7. The summed E-state index contributed by atoms with van der Waals surface area (Å²) in [6.07, 6.45) is 0. The van der Waals surface area contributed by atoms with Crippen LogP contribution < -0.4 is 10.5 Å². The van der Waals surface area contributed by atoms with Gasteiger partial charge >= 0.3 is 0 Å². The van der Waals surface area contributed by atoms with E-state index in [4.69, 9.17) is 14.9 Å². The van der Waals surface area contributed by atoms with Gasteiger partial charge in [-0.05, 0) is 30.0 Å². The summed E-state index contributed by atoms with van der Waals surface area (Å²) in [4.78, 5) is 8.64. The fraction of sp³-hybridized carbons (Fsp3) is 0.0769. The summed E-state index contributed by atoms with van der Waals surface area (Å²) in [5, 5.41) is 1.12. The first-order valence-electron chi connectivity index (χ1n) is 5.60. The van der Waals surface area contributed by atoms with Crippen LogP contribution in [-0.2, 0) is 0 Å². The number of oxazole rings is 1. The lowest BCUT2D eigenvalue weighted by Gasteiger charge is -2.03. The molecule has 19 heavy (non-hydrogen) atoms. The van der Waals surface area contributed by atoms with Gasteiger partial charge < -0.3 is 14.9 Å². The molecule has 2 N–H and O–H groups in total. The van der Waals surface area contributed by atoms with Crippen molar-refractivity contribution in [2.75, 3.05) is 12.8 Å². The number of nitrogens with zero attached hydrogens (tertiary/aromatic N) is 2. The van der Waals surface area contributed by atoms with Crippen molar-refractivity contribution in [3.8, 4) is 5.88 Å². The van der Waals surface area contributed by atoms with Crippen LogP contribution in [0.3, 0.4) is 0 Å². The monoisotopic (exact) mass is 273 g/mol. The van der Waals surface area contributed by atoms with E-state index in [0.29, 0.717) is 21.8 Å². The standard InChI is InChI=1S/C13H11N3O2S/c1-17-11-7-6-8(14)12(16-11)19-13-15-9-4-2-3-5-10(9)18-13/h2-7H,14H2,1H3. The zero-order valence-corrected chi connectivity index (χ0v) is 11.0. The largest absolute Gasteiger partial charge is 0.481 e. The van der Waals surface area contributed by atoms with E-state index in [9.17, 15) is 0 Å². The van der Waals surface area contributed by atoms with E-state index in [1.807, 2.05) is 24.3 Å². The summed E-state index contributed by atoms with van der Waals surface area (Å²) in [5.41, 5.74) is 7.99. The molecule has 3 aromatic rings. The Morgan fingerprint density at radius 1 is 1.16 bits per heavy atom. The van der Waals surface area contributed by atoms with Crippen molar-refractivity contribution >= 4 is 28.5 Å². The Labute approximate surface area is 113 Å². The lowest BCUT2D eigenvalue weighted by Crippen LogP contribution is -1.94. The smallest absolute Gasteiger partial charge is 0.263 e. The van der Waals surface area contributed by atoms with Gasteiger partial charge in [0, 0.05) is 6.07 Å². The van der Waals surface area contributed by atoms with Crippen molar-refractivity contribution in [1.82, 2.24) is 9.97 Å². The van der Waals surface area contributed by atoms with Gasteiger partial charge in [0.25, 0.3) is 5.22 Å². The van der Waals surface area contributed by atoms with Crippen LogP contribution in [0.15, 0.2) is 51.1 Å². The van der Waals surface area contributed by atoms with E-state index in [1.54, 1.807) is 19.2 Å². The maximum Gasteiger partial charge on any atom is 0.263 e. The highest BCUT2D eigenvalue weighted by Gasteiger charge is 2.11. The number of rotatable bonds is 3. The molecule has 5 nitrogen and oxygen atoms in total. The van der Waals surface area contributed by atoms with Crippen molar-refractivity contribution < 1.29 is 9.15 Å². The van der Waals surface area contributed by atoms with Crippen LogP contribution in [0.4, 0.5) is 5.69 Å². The number of benzene rings is 1. The van der Waals surface area contributed by atoms with Gasteiger partial charge in [-0.1, -0.05) is 12.1 Å². The number of aromatic nitrogens is 2. The second-order valence-electron chi connectivity index (χ2n) is 3.80. The highest BCUT2D eigenvalue weighted by molar-refractivity contribution is 7.99. The number of ether oxygens (including phenoxy) is 1. The Morgan fingerprint density at radius 3 is 2.79 bits per heavy atom. The first-order valence-corrected chi connectivity index (χ1v) is 6.42. The molecule has 2 aromatic heterocycles. The molecule has 0 aliphatic heterocycles. The molecule has 2 heterocycles. The fourth-order valence-electron chi connectivity index (χ4n) is 1.61. The lowest BCUT2D eigenvalue weighted by atomic mass is 10.3. The van der Waals surface area contributed by atoms with Crippen LogP contribution in [0.25, 0.3) is 11.1 Å².